The topological polar surface area (TPSA) is 47.9 Å². The number of nitrogens with zero attached hydrogens (tertiary/aromatic N) is 2. The minimum Gasteiger partial charge on any atom is -0.508 e. The normalized spacial score (nSPS) is 18.4. The molecule has 0 radical (unpaired) electrons. The summed E-state index contributed by atoms with van der Waals surface area (Å²) in [4.78, 5) is 7.30. The van der Waals surface area contributed by atoms with Gasteiger partial charge in [0.05, 0.1) is 28.8 Å². The first-order valence-corrected chi connectivity index (χ1v) is 9.86. The van der Waals surface area contributed by atoms with Crippen LogP contribution in [0.25, 0.3) is 0 Å². The number of aromatic hydroxyl groups is 1. The summed E-state index contributed by atoms with van der Waals surface area (Å²) < 4.78 is 0. The van der Waals surface area contributed by atoms with Crippen LogP contribution in [0.1, 0.15) is 49.8 Å². The van der Waals surface area contributed by atoms with Crippen molar-refractivity contribution in [3.8, 4) is 5.75 Å². The summed E-state index contributed by atoms with van der Waals surface area (Å²) in [7, 11) is 0. The van der Waals surface area contributed by atoms with Crippen molar-refractivity contribution in [3.63, 3.8) is 0 Å². The second kappa shape index (κ2) is 7.57. The van der Waals surface area contributed by atoms with Gasteiger partial charge in [0, 0.05) is 0 Å². The Morgan fingerprint density at radius 2 is 1.78 bits per heavy atom. The molecule has 2 N–H and O–H groups in total. The van der Waals surface area contributed by atoms with Crippen molar-refractivity contribution in [1.82, 2.24) is 4.90 Å². The predicted octanol–water partition coefficient (Wildman–Crippen LogP) is 5.39. The number of piperidine rings is 1. The van der Waals surface area contributed by atoms with Crippen molar-refractivity contribution in [2.75, 3.05) is 18.4 Å². The van der Waals surface area contributed by atoms with E-state index in [-0.39, 0.29) is 6.04 Å². The molecule has 0 aliphatic carbocycles. The molecule has 2 aliphatic rings. The van der Waals surface area contributed by atoms with E-state index in [1.807, 2.05) is 12.1 Å². The Kier molecular flexibility index (Phi) is 4.99. The second-order valence-corrected chi connectivity index (χ2v) is 7.38. The van der Waals surface area contributed by atoms with E-state index in [2.05, 4.69) is 41.9 Å². The first kappa shape index (κ1) is 17.8. The number of fused-ring (bicyclic) bond motifs is 1. The highest BCUT2D eigenvalue weighted by molar-refractivity contribution is 6.06. The average molecular weight is 361 g/mol. The van der Waals surface area contributed by atoms with Crippen LogP contribution in [-0.4, -0.2) is 28.8 Å². The van der Waals surface area contributed by atoms with Gasteiger partial charge in [0.2, 0.25) is 0 Å². The lowest BCUT2D eigenvalue weighted by atomic mass is 9.94. The maximum atomic E-state index is 9.71. The molecule has 0 amide bonds. The van der Waals surface area contributed by atoms with Gasteiger partial charge in [-0.25, -0.2) is 4.99 Å². The van der Waals surface area contributed by atoms with Gasteiger partial charge in [0.25, 0.3) is 0 Å². The predicted molar refractivity (Wildman–Crippen MR) is 112 cm³/mol. The number of phenols is 1. The van der Waals surface area contributed by atoms with Gasteiger partial charge in [-0.1, -0.05) is 38.1 Å². The summed E-state index contributed by atoms with van der Waals surface area (Å²) in [6.07, 6.45) is 4.65. The molecular weight excluding hydrogens is 334 g/mol. The highest BCUT2D eigenvalue weighted by Crippen LogP contribution is 2.38. The SMILES string of the molecule is C=C1Nc2cc(C(c3ccc(O)cc3)N3CCCCC3)ccc2N=C1CC. The molecule has 1 saturated heterocycles. The minimum atomic E-state index is 0.183. The van der Waals surface area contributed by atoms with E-state index < -0.39 is 0 Å². The summed E-state index contributed by atoms with van der Waals surface area (Å²) in [6, 6.07) is 14.3. The molecule has 1 atom stereocenters. The minimum absolute atomic E-state index is 0.183. The number of rotatable bonds is 4. The molecule has 1 unspecified atom stereocenters. The quantitative estimate of drug-likeness (QED) is 0.767. The zero-order chi connectivity index (χ0) is 18.8. The van der Waals surface area contributed by atoms with Crippen LogP contribution in [0.5, 0.6) is 5.75 Å². The summed E-state index contributed by atoms with van der Waals surface area (Å²) in [5.41, 5.74) is 6.36. The lowest BCUT2D eigenvalue weighted by Crippen LogP contribution is -2.34. The van der Waals surface area contributed by atoms with E-state index in [1.54, 1.807) is 12.1 Å². The monoisotopic (exact) mass is 361 g/mol. The van der Waals surface area contributed by atoms with Gasteiger partial charge >= 0.3 is 0 Å². The number of benzene rings is 2. The van der Waals surface area contributed by atoms with Crippen molar-refractivity contribution in [3.05, 3.63) is 65.9 Å². The van der Waals surface area contributed by atoms with Crippen molar-refractivity contribution in [1.29, 1.82) is 0 Å². The number of hydrogen-bond acceptors (Lipinski definition) is 4. The molecule has 2 heterocycles. The Morgan fingerprint density at radius 1 is 1.07 bits per heavy atom. The Hall–Kier alpha value is -2.59. The van der Waals surface area contributed by atoms with Crippen LogP contribution in [0.2, 0.25) is 0 Å². The van der Waals surface area contributed by atoms with E-state index in [1.165, 1.54) is 30.4 Å². The van der Waals surface area contributed by atoms with Crippen molar-refractivity contribution >= 4 is 17.1 Å². The number of likely N-dealkylation sites (tertiary alicyclic amines) is 1. The molecule has 0 spiro atoms. The lowest BCUT2D eigenvalue weighted by molar-refractivity contribution is 0.187. The molecule has 2 aromatic rings. The molecule has 4 nitrogen and oxygen atoms in total. The van der Waals surface area contributed by atoms with Crippen LogP contribution in [0, 0.1) is 0 Å². The number of aliphatic imine (C=N–C) groups is 1. The smallest absolute Gasteiger partial charge is 0.115 e. The van der Waals surface area contributed by atoms with E-state index in [0.29, 0.717) is 5.75 Å². The molecule has 0 bridgehead atoms. The Labute approximate surface area is 161 Å². The molecule has 1 fully saturated rings. The van der Waals surface area contributed by atoms with E-state index in [9.17, 15) is 5.11 Å². The van der Waals surface area contributed by atoms with Crippen LogP contribution < -0.4 is 5.32 Å². The Morgan fingerprint density at radius 3 is 2.48 bits per heavy atom. The zero-order valence-corrected chi connectivity index (χ0v) is 15.9. The second-order valence-electron chi connectivity index (χ2n) is 7.38. The van der Waals surface area contributed by atoms with Crippen LogP contribution in [-0.2, 0) is 0 Å². The Bertz CT molecular complexity index is 864. The van der Waals surface area contributed by atoms with Crippen LogP contribution in [0.3, 0.4) is 0 Å². The molecule has 0 aromatic heterocycles. The molecule has 27 heavy (non-hydrogen) atoms. The molecule has 140 valence electrons. The maximum absolute atomic E-state index is 9.71. The molecule has 2 aromatic carbocycles. The summed E-state index contributed by atoms with van der Waals surface area (Å²) in [6.45, 7) is 8.41. The van der Waals surface area contributed by atoms with Gasteiger partial charge in [0.1, 0.15) is 5.75 Å². The fourth-order valence-corrected chi connectivity index (χ4v) is 4.11. The van der Waals surface area contributed by atoms with Gasteiger partial charge < -0.3 is 10.4 Å². The van der Waals surface area contributed by atoms with Crippen LogP contribution in [0.15, 0.2) is 59.7 Å². The number of nitrogens with one attached hydrogen (secondary N) is 1. The number of hydrogen-bond donors (Lipinski definition) is 2. The summed E-state index contributed by atoms with van der Waals surface area (Å²) in [5, 5.41) is 13.1. The Balaban J connectivity index is 1.74. The van der Waals surface area contributed by atoms with E-state index in [0.717, 1.165) is 42.3 Å². The van der Waals surface area contributed by atoms with Gasteiger partial charge in [-0.3, -0.25) is 4.90 Å². The van der Waals surface area contributed by atoms with Crippen molar-refractivity contribution in [2.45, 2.75) is 38.6 Å². The fraction of sp³-hybridized carbons (Fsp3) is 0.348. The summed E-state index contributed by atoms with van der Waals surface area (Å²) >= 11 is 0. The molecule has 0 saturated carbocycles. The van der Waals surface area contributed by atoms with Crippen molar-refractivity contribution in [2.24, 2.45) is 4.99 Å². The average Bonchev–Trinajstić information content (AvgIpc) is 2.70. The standard InChI is InChI=1S/C23H27N3O/c1-3-20-16(2)24-22-15-18(9-12-21(22)25-20)23(26-13-5-4-6-14-26)17-7-10-19(27)11-8-17/h7-12,15,23-24,27H,2-6,13-14H2,1H3. The maximum Gasteiger partial charge on any atom is 0.115 e. The van der Waals surface area contributed by atoms with Gasteiger partial charge in [-0.05, 0) is 67.7 Å². The van der Waals surface area contributed by atoms with E-state index >= 15 is 0 Å². The highest BCUT2D eigenvalue weighted by atomic mass is 16.3. The number of anilines is 1. The first-order valence-electron chi connectivity index (χ1n) is 9.86. The zero-order valence-electron chi connectivity index (χ0n) is 15.9. The summed E-state index contributed by atoms with van der Waals surface area (Å²) in [5.74, 6) is 0.306. The van der Waals surface area contributed by atoms with Crippen LogP contribution >= 0.6 is 0 Å². The molecular formula is C23H27N3O. The molecule has 2 aliphatic heterocycles. The lowest BCUT2D eigenvalue weighted by Gasteiger charge is -2.35. The fourth-order valence-electron chi connectivity index (χ4n) is 4.11. The number of phenolic OH excluding ortho intramolecular Hbond substituents is 1. The molecule has 4 rings (SSSR count). The van der Waals surface area contributed by atoms with Crippen LogP contribution in [0.4, 0.5) is 11.4 Å². The third-order valence-corrected chi connectivity index (χ3v) is 5.53. The molecule has 4 heteroatoms. The van der Waals surface area contributed by atoms with Gasteiger partial charge in [-0.2, -0.15) is 0 Å². The van der Waals surface area contributed by atoms with Gasteiger partial charge in [-0.15, -0.1) is 0 Å². The first-order chi connectivity index (χ1) is 13.2. The third-order valence-electron chi connectivity index (χ3n) is 5.53. The third kappa shape index (κ3) is 3.62. The largest absolute Gasteiger partial charge is 0.508 e. The van der Waals surface area contributed by atoms with Crippen molar-refractivity contribution < 1.29 is 5.11 Å². The van der Waals surface area contributed by atoms with E-state index in [4.69, 9.17) is 4.99 Å². The highest BCUT2D eigenvalue weighted by Gasteiger charge is 2.25. The van der Waals surface area contributed by atoms with Gasteiger partial charge in [0.15, 0.2) is 0 Å². The number of allylic oxidation sites excluding steroid dienone is 1.